The predicted octanol–water partition coefficient (Wildman–Crippen LogP) is 2.21. The Morgan fingerprint density at radius 3 is 2.80 bits per heavy atom. The summed E-state index contributed by atoms with van der Waals surface area (Å²) in [7, 11) is 2.24. The van der Waals surface area contributed by atoms with Gasteiger partial charge >= 0.3 is 0 Å². The zero-order valence-corrected chi connectivity index (χ0v) is 13.9. The average molecular weight is 297 g/mol. The van der Waals surface area contributed by atoms with Gasteiger partial charge in [-0.2, -0.15) is 16.9 Å². The molecule has 2 atom stereocenters. The van der Waals surface area contributed by atoms with Crippen molar-refractivity contribution in [1.82, 2.24) is 14.7 Å². The van der Waals surface area contributed by atoms with Crippen molar-refractivity contribution >= 4 is 11.8 Å². The number of rotatable bonds is 6. The summed E-state index contributed by atoms with van der Waals surface area (Å²) in [5.41, 5.74) is 3.62. The fourth-order valence-corrected chi connectivity index (χ4v) is 4.39. The van der Waals surface area contributed by atoms with Gasteiger partial charge in [-0.25, -0.2) is 0 Å². The first-order chi connectivity index (χ1) is 9.58. The molecule has 0 radical (unpaired) electrons. The molecule has 20 heavy (non-hydrogen) atoms. The van der Waals surface area contributed by atoms with Gasteiger partial charge in [0.25, 0.3) is 0 Å². The second kappa shape index (κ2) is 6.96. The van der Waals surface area contributed by atoms with E-state index in [9.17, 15) is 0 Å². The van der Waals surface area contributed by atoms with E-state index in [0.29, 0.717) is 12.6 Å². The van der Waals surface area contributed by atoms with Crippen molar-refractivity contribution in [3.8, 4) is 0 Å². The highest BCUT2D eigenvalue weighted by Gasteiger charge is 2.30. The van der Waals surface area contributed by atoms with Crippen molar-refractivity contribution in [3.05, 3.63) is 17.0 Å². The maximum absolute atomic E-state index is 9.09. The maximum Gasteiger partial charge on any atom is 0.0644 e. The van der Waals surface area contributed by atoms with E-state index in [-0.39, 0.29) is 6.61 Å². The van der Waals surface area contributed by atoms with E-state index < -0.39 is 0 Å². The smallest absolute Gasteiger partial charge is 0.0644 e. The van der Waals surface area contributed by atoms with Crippen LogP contribution in [0.2, 0.25) is 0 Å². The van der Waals surface area contributed by atoms with E-state index in [2.05, 4.69) is 37.1 Å². The van der Waals surface area contributed by atoms with Crippen LogP contribution in [0.4, 0.5) is 0 Å². The fourth-order valence-electron chi connectivity index (χ4n) is 3.33. The minimum atomic E-state index is 0.147. The third-order valence-electron chi connectivity index (χ3n) is 4.54. The van der Waals surface area contributed by atoms with E-state index in [1.807, 2.05) is 16.4 Å². The Morgan fingerprint density at radius 1 is 1.40 bits per heavy atom. The van der Waals surface area contributed by atoms with Gasteiger partial charge in [0.2, 0.25) is 0 Å². The first kappa shape index (κ1) is 15.9. The second-order valence-electron chi connectivity index (χ2n) is 5.78. The second-order valence-corrected chi connectivity index (χ2v) is 6.86. The van der Waals surface area contributed by atoms with Gasteiger partial charge in [0.15, 0.2) is 0 Å². The Kier molecular flexibility index (Phi) is 5.52. The number of hydrogen-bond donors (Lipinski definition) is 1. The molecule has 5 heteroatoms. The Hall–Kier alpha value is -0.520. The Morgan fingerprint density at radius 2 is 2.15 bits per heavy atom. The lowest BCUT2D eigenvalue weighted by atomic mass is 10.1. The van der Waals surface area contributed by atoms with Crippen LogP contribution >= 0.6 is 11.8 Å². The maximum atomic E-state index is 9.09. The summed E-state index contributed by atoms with van der Waals surface area (Å²) in [5, 5.41) is 14.4. The first-order valence-corrected chi connectivity index (χ1v) is 8.74. The summed E-state index contributed by atoms with van der Waals surface area (Å²) in [4.78, 5) is 2.49. The predicted molar refractivity (Wildman–Crippen MR) is 85.2 cm³/mol. The molecule has 1 aliphatic rings. The molecule has 0 amide bonds. The number of hydrogen-bond acceptors (Lipinski definition) is 4. The van der Waals surface area contributed by atoms with Gasteiger partial charge < -0.3 is 5.11 Å². The van der Waals surface area contributed by atoms with Crippen LogP contribution in [-0.4, -0.2) is 51.0 Å². The zero-order valence-electron chi connectivity index (χ0n) is 13.1. The van der Waals surface area contributed by atoms with Crippen molar-refractivity contribution in [1.29, 1.82) is 0 Å². The van der Waals surface area contributed by atoms with E-state index in [1.165, 1.54) is 30.5 Å². The SMILES string of the molecule is CSC1CCCC1N(C)Cc1c(C)nn(CCO)c1C. The average Bonchev–Trinajstić information content (AvgIpc) is 2.99. The van der Waals surface area contributed by atoms with E-state index in [1.54, 1.807) is 0 Å². The molecule has 1 saturated carbocycles. The molecule has 1 fully saturated rings. The summed E-state index contributed by atoms with van der Waals surface area (Å²) in [6, 6.07) is 0.685. The highest BCUT2D eigenvalue weighted by atomic mass is 32.2. The van der Waals surface area contributed by atoms with Gasteiger partial charge in [0, 0.05) is 29.1 Å². The summed E-state index contributed by atoms with van der Waals surface area (Å²) in [6.07, 6.45) is 6.23. The Bertz CT molecular complexity index is 447. The summed E-state index contributed by atoms with van der Waals surface area (Å²) < 4.78 is 1.93. The van der Waals surface area contributed by atoms with Crippen molar-refractivity contribution < 1.29 is 5.11 Å². The minimum Gasteiger partial charge on any atom is -0.394 e. The molecule has 1 aliphatic carbocycles. The van der Waals surface area contributed by atoms with Crippen molar-refractivity contribution in [3.63, 3.8) is 0 Å². The molecular weight excluding hydrogens is 270 g/mol. The lowest BCUT2D eigenvalue weighted by molar-refractivity contribution is 0.240. The lowest BCUT2D eigenvalue weighted by Crippen LogP contribution is -2.35. The van der Waals surface area contributed by atoms with Crippen LogP contribution in [0.15, 0.2) is 0 Å². The Labute approximate surface area is 126 Å². The molecule has 1 N–H and O–H groups in total. The van der Waals surface area contributed by atoms with E-state index in [0.717, 1.165) is 17.5 Å². The topological polar surface area (TPSA) is 41.3 Å². The van der Waals surface area contributed by atoms with Crippen molar-refractivity contribution in [2.75, 3.05) is 19.9 Å². The monoisotopic (exact) mass is 297 g/mol. The van der Waals surface area contributed by atoms with Gasteiger partial charge in [-0.3, -0.25) is 9.58 Å². The van der Waals surface area contributed by atoms with Crippen LogP contribution in [0.3, 0.4) is 0 Å². The summed E-state index contributed by atoms with van der Waals surface area (Å²) >= 11 is 2.01. The van der Waals surface area contributed by atoms with Gasteiger partial charge in [-0.05, 0) is 40.0 Å². The van der Waals surface area contributed by atoms with Gasteiger partial charge in [-0.15, -0.1) is 0 Å². The zero-order chi connectivity index (χ0) is 14.7. The van der Waals surface area contributed by atoms with Crippen LogP contribution in [0.25, 0.3) is 0 Å². The standard InChI is InChI=1S/C15H27N3OS/c1-11-13(12(2)18(16-11)8-9-19)10-17(3)14-6-5-7-15(14)20-4/h14-15,19H,5-10H2,1-4H3. The number of nitrogens with zero attached hydrogens (tertiary/aromatic N) is 3. The number of thioether (sulfide) groups is 1. The Balaban J connectivity index is 2.09. The van der Waals surface area contributed by atoms with E-state index in [4.69, 9.17) is 5.11 Å². The highest BCUT2D eigenvalue weighted by Crippen LogP contribution is 2.32. The molecule has 1 aromatic rings. The van der Waals surface area contributed by atoms with Crippen LogP contribution in [-0.2, 0) is 13.1 Å². The molecule has 2 rings (SSSR count). The first-order valence-electron chi connectivity index (χ1n) is 7.45. The highest BCUT2D eigenvalue weighted by molar-refractivity contribution is 7.99. The fraction of sp³-hybridized carbons (Fsp3) is 0.800. The molecule has 4 nitrogen and oxygen atoms in total. The third kappa shape index (κ3) is 3.21. The molecule has 1 aromatic heterocycles. The van der Waals surface area contributed by atoms with Crippen LogP contribution in [0.5, 0.6) is 0 Å². The number of aliphatic hydroxyl groups excluding tert-OH is 1. The number of aromatic nitrogens is 2. The summed E-state index contributed by atoms with van der Waals surface area (Å²) in [5.74, 6) is 0. The van der Waals surface area contributed by atoms with Crippen LogP contribution in [0, 0.1) is 13.8 Å². The number of aliphatic hydroxyl groups is 1. The van der Waals surface area contributed by atoms with Gasteiger partial charge in [-0.1, -0.05) is 6.42 Å². The summed E-state index contributed by atoms with van der Waals surface area (Å²) in [6.45, 7) is 5.89. The normalized spacial score (nSPS) is 22.9. The van der Waals surface area contributed by atoms with Gasteiger partial charge in [0.1, 0.15) is 0 Å². The molecule has 0 aliphatic heterocycles. The quantitative estimate of drug-likeness (QED) is 0.874. The largest absolute Gasteiger partial charge is 0.394 e. The van der Waals surface area contributed by atoms with Crippen molar-refractivity contribution in [2.24, 2.45) is 0 Å². The number of aryl methyl sites for hydroxylation is 1. The van der Waals surface area contributed by atoms with Crippen molar-refractivity contribution in [2.45, 2.75) is 57.5 Å². The lowest BCUT2D eigenvalue weighted by Gasteiger charge is -2.29. The molecule has 2 unspecified atom stereocenters. The molecule has 0 aromatic carbocycles. The molecule has 0 bridgehead atoms. The third-order valence-corrected chi connectivity index (χ3v) is 5.69. The van der Waals surface area contributed by atoms with Crippen LogP contribution < -0.4 is 0 Å². The van der Waals surface area contributed by atoms with Gasteiger partial charge in [0.05, 0.1) is 18.8 Å². The minimum absolute atomic E-state index is 0.147. The molecule has 1 heterocycles. The van der Waals surface area contributed by atoms with Crippen LogP contribution in [0.1, 0.15) is 36.2 Å². The molecule has 0 spiro atoms. The molecule has 0 saturated heterocycles. The molecular formula is C15H27N3OS. The van der Waals surface area contributed by atoms with E-state index >= 15 is 0 Å². The molecule has 114 valence electrons.